The molecular formula is C33H47N5O6S. The summed E-state index contributed by atoms with van der Waals surface area (Å²) in [5.41, 5.74) is 1.63. The van der Waals surface area contributed by atoms with E-state index in [1.165, 1.54) is 24.2 Å². The monoisotopic (exact) mass is 641 g/mol. The van der Waals surface area contributed by atoms with Gasteiger partial charge in [0.1, 0.15) is 5.75 Å². The van der Waals surface area contributed by atoms with Crippen molar-refractivity contribution in [2.75, 3.05) is 38.1 Å². The Labute approximate surface area is 267 Å². The molecule has 0 unspecified atom stereocenters. The standard InChI is InChI=1S/C33H47N5O6S/c1-24-18-38(25(2)22-39)33(40)29-17-28(35-45(41,42)32-21-37(5)23-34-32)14-15-30(29)44-26(3)11-9-10-16-43-31(24)20-36(4)19-27-12-7-6-8-13-27/h6-8,12-15,17,21,23-26,31,35,39H,9-11,16,18-20,22H2,1-5H3/t24-,25+,26+,31-/m0/s1. The predicted molar refractivity (Wildman–Crippen MR) is 174 cm³/mol. The van der Waals surface area contributed by atoms with Crippen LogP contribution in [0.25, 0.3) is 0 Å². The van der Waals surface area contributed by atoms with Gasteiger partial charge in [0.25, 0.3) is 15.9 Å². The van der Waals surface area contributed by atoms with Gasteiger partial charge in [-0.05, 0) is 63.9 Å². The second-order valence-corrected chi connectivity index (χ2v) is 13.8. The molecule has 1 aliphatic rings. The van der Waals surface area contributed by atoms with Gasteiger partial charge in [0.05, 0.1) is 36.7 Å². The quantitative estimate of drug-likeness (QED) is 0.357. The number of likely N-dealkylation sites (N-methyl/N-ethyl adjacent to an activating group) is 1. The number of amides is 1. The lowest BCUT2D eigenvalue weighted by atomic mass is 10.0. The number of nitrogens with one attached hydrogen (secondary N) is 1. The van der Waals surface area contributed by atoms with Crippen LogP contribution in [0, 0.1) is 5.92 Å². The van der Waals surface area contributed by atoms with E-state index in [0.29, 0.717) is 25.4 Å². The molecule has 4 rings (SSSR count). The summed E-state index contributed by atoms with van der Waals surface area (Å²) in [6.45, 7) is 7.93. The number of hydrogen-bond acceptors (Lipinski definition) is 8. The molecule has 4 atom stereocenters. The number of rotatable bonds is 9. The van der Waals surface area contributed by atoms with Crippen LogP contribution in [-0.4, -0.2) is 90.4 Å². The number of fused-ring (bicyclic) bond motifs is 1. The fraction of sp³-hybridized carbons (Fsp3) is 0.515. The molecular weight excluding hydrogens is 594 g/mol. The lowest BCUT2D eigenvalue weighted by Gasteiger charge is -2.36. The van der Waals surface area contributed by atoms with Gasteiger partial charge in [-0.1, -0.05) is 37.3 Å². The molecule has 246 valence electrons. The lowest BCUT2D eigenvalue weighted by molar-refractivity contribution is -0.0177. The molecule has 0 saturated heterocycles. The van der Waals surface area contributed by atoms with Gasteiger partial charge in [-0.15, -0.1) is 0 Å². The first-order valence-electron chi connectivity index (χ1n) is 15.5. The van der Waals surface area contributed by atoms with E-state index in [4.69, 9.17) is 9.47 Å². The Hall–Kier alpha value is -3.45. The molecule has 3 aromatic rings. The summed E-state index contributed by atoms with van der Waals surface area (Å²) in [6.07, 6.45) is 4.98. The summed E-state index contributed by atoms with van der Waals surface area (Å²) in [5, 5.41) is 10.1. The molecule has 0 radical (unpaired) electrons. The highest BCUT2D eigenvalue weighted by Gasteiger charge is 2.31. The summed E-state index contributed by atoms with van der Waals surface area (Å²) < 4.78 is 42.9. The minimum Gasteiger partial charge on any atom is -0.490 e. The fourth-order valence-corrected chi connectivity index (χ4v) is 6.48. The maximum Gasteiger partial charge on any atom is 0.280 e. The second kappa shape index (κ2) is 15.7. The molecule has 2 heterocycles. The number of aliphatic hydroxyl groups is 1. The number of ether oxygens (including phenoxy) is 2. The summed E-state index contributed by atoms with van der Waals surface area (Å²) in [5.74, 6) is -0.0697. The zero-order valence-electron chi connectivity index (χ0n) is 26.9. The molecule has 11 nitrogen and oxygen atoms in total. The molecule has 2 N–H and O–H groups in total. The first kappa shape index (κ1) is 34.4. The van der Waals surface area contributed by atoms with Crippen molar-refractivity contribution in [1.29, 1.82) is 0 Å². The average molecular weight is 642 g/mol. The molecule has 0 bridgehead atoms. The number of anilines is 1. The van der Waals surface area contributed by atoms with Gasteiger partial charge in [-0.3, -0.25) is 14.4 Å². The Morgan fingerprint density at radius 2 is 1.91 bits per heavy atom. The van der Waals surface area contributed by atoms with Gasteiger partial charge in [-0.25, -0.2) is 4.98 Å². The van der Waals surface area contributed by atoms with Gasteiger partial charge in [0.2, 0.25) is 0 Å². The number of aromatic nitrogens is 2. The van der Waals surface area contributed by atoms with Gasteiger partial charge in [0, 0.05) is 51.1 Å². The number of hydrogen-bond donors (Lipinski definition) is 2. The third kappa shape index (κ3) is 9.52. The minimum absolute atomic E-state index is 0.0711. The molecule has 45 heavy (non-hydrogen) atoms. The van der Waals surface area contributed by atoms with Gasteiger partial charge in [0.15, 0.2) is 5.03 Å². The second-order valence-electron chi connectivity index (χ2n) is 12.2. The van der Waals surface area contributed by atoms with E-state index >= 15 is 0 Å². The number of nitrogens with zero attached hydrogens (tertiary/aromatic N) is 4. The Morgan fingerprint density at radius 3 is 2.60 bits per heavy atom. The highest BCUT2D eigenvalue weighted by Crippen LogP contribution is 2.29. The summed E-state index contributed by atoms with van der Waals surface area (Å²) >= 11 is 0. The smallest absolute Gasteiger partial charge is 0.280 e. The Bertz CT molecular complexity index is 1500. The predicted octanol–water partition coefficient (Wildman–Crippen LogP) is 4.15. The molecule has 1 amide bonds. The summed E-state index contributed by atoms with van der Waals surface area (Å²) in [7, 11) is -0.239. The van der Waals surface area contributed by atoms with Crippen LogP contribution in [0.5, 0.6) is 5.75 Å². The molecule has 0 spiro atoms. The maximum absolute atomic E-state index is 14.3. The van der Waals surface area contributed by atoms with Crippen LogP contribution in [0.15, 0.2) is 66.1 Å². The van der Waals surface area contributed by atoms with Crippen LogP contribution in [0.3, 0.4) is 0 Å². The Kier molecular flexibility index (Phi) is 12.0. The van der Waals surface area contributed by atoms with E-state index in [2.05, 4.69) is 40.7 Å². The number of aliphatic hydroxyl groups excluding tert-OH is 1. The fourth-order valence-electron chi connectivity index (χ4n) is 5.45. The Morgan fingerprint density at radius 1 is 1.16 bits per heavy atom. The molecule has 0 saturated carbocycles. The van der Waals surface area contributed by atoms with Crippen molar-refractivity contribution in [2.24, 2.45) is 13.0 Å². The molecule has 2 aromatic carbocycles. The molecule has 1 aromatic heterocycles. The van der Waals surface area contributed by atoms with Crippen molar-refractivity contribution in [3.63, 3.8) is 0 Å². The van der Waals surface area contributed by atoms with E-state index in [1.54, 1.807) is 35.6 Å². The molecule has 0 fully saturated rings. The van der Waals surface area contributed by atoms with Crippen LogP contribution >= 0.6 is 0 Å². The normalized spacial score (nSPS) is 21.1. The van der Waals surface area contributed by atoms with Crippen LogP contribution < -0.4 is 9.46 Å². The first-order chi connectivity index (χ1) is 21.5. The van der Waals surface area contributed by atoms with Crippen LogP contribution in [-0.2, 0) is 28.4 Å². The van der Waals surface area contributed by atoms with E-state index < -0.39 is 16.1 Å². The zero-order valence-corrected chi connectivity index (χ0v) is 27.7. The highest BCUT2D eigenvalue weighted by atomic mass is 32.2. The van der Waals surface area contributed by atoms with Crippen molar-refractivity contribution in [2.45, 2.75) is 69.9 Å². The highest BCUT2D eigenvalue weighted by molar-refractivity contribution is 7.92. The summed E-state index contributed by atoms with van der Waals surface area (Å²) in [6, 6.07) is 14.5. The van der Waals surface area contributed by atoms with Crippen LogP contribution in [0.1, 0.15) is 56.0 Å². The largest absolute Gasteiger partial charge is 0.490 e. The van der Waals surface area contributed by atoms with Gasteiger partial charge < -0.3 is 24.0 Å². The SMILES string of the molecule is C[C@@H]1CCCCO[C@@H](CN(C)Cc2ccccc2)[C@@H](C)CN([C@H](C)CO)C(=O)c2cc(NS(=O)(=O)c3cn(C)cn3)ccc2O1. The third-order valence-corrected chi connectivity index (χ3v) is 9.31. The Balaban J connectivity index is 1.64. The average Bonchev–Trinajstić information content (AvgIpc) is 3.46. The third-order valence-electron chi connectivity index (χ3n) is 8.05. The number of aryl methyl sites for hydroxylation is 1. The van der Waals surface area contributed by atoms with E-state index in [-0.39, 0.29) is 46.9 Å². The number of carbonyl (C=O) groups excluding carboxylic acids is 1. The van der Waals surface area contributed by atoms with E-state index in [9.17, 15) is 18.3 Å². The number of imidazole rings is 1. The van der Waals surface area contributed by atoms with Crippen molar-refractivity contribution < 1.29 is 27.8 Å². The van der Waals surface area contributed by atoms with Crippen molar-refractivity contribution >= 4 is 21.6 Å². The number of sulfonamides is 1. The number of benzene rings is 2. The van der Waals surface area contributed by atoms with E-state index in [0.717, 1.165) is 25.8 Å². The van der Waals surface area contributed by atoms with Crippen LogP contribution in [0.4, 0.5) is 5.69 Å². The lowest BCUT2D eigenvalue weighted by Crippen LogP contribution is -2.47. The van der Waals surface area contributed by atoms with Gasteiger partial charge in [-0.2, -0.15) is 8.42 Å². The maximum atomic E-state index is 14.3. The molecule has 1 aliphatic heterocycles. The minimum atomic E-state index is -3.99. The van der Waals surface area contributed by atoms with Gasteiger partial charge >= 0.3 is 0 Å². The van der Waals surface area contributed by atoms with Crippen molar-refractivity contribution in [1.82, 2.24) is 19.4 Å². The van der Waals surface area contributed by atoms with E-state index in [1.807, 2.05) is 25.1 Å². The topological polar surface area (TPSA) is 126 Å². The zero-order chi connectivity index (χ0) is 32.6. The molecule has 12 heteroatoms. The number of carbonyl (C=O) groups is 1. The first-order valence-corrected chi connectivity index (χ1v) is 17.0. The summed E-state index contributed by atoms with van der Waals surface area (Å²) in [4.78, 5) is 22.1. The molecule has 0 aliphatic carbocycles. The van der Waals surface area contributed by atoms with Crippen molar-refractivity contribution in [3.05, 3.63) is 72.2 Å². The van der Waals surface area contributed by atoms with Crippen molar-refractivity contribution in [3.8, 4) is 5.75 Å². The van der Waals surface area contributed by atoms with Crippen LogP contribution in [0.2, 0.25) is 0 Å².